The fourth-order valence-corrected chi connectivity index (χ4v) is 5.79. The molecule has 0 saturated heterocycles. The predicted molar refractivity (Wildman–Crippen MR) is 136 cm³/mol. The highest BCUT2D eigenvalue weighted by Crippen LogP contribution is 2.34. The number of carbonyl (C=O) groups is 1. The Balaban J connectivity index is 1.49. The van der Waals surface area contributed by atoms with Gasteiger partial charge in [-0.05, 0) is 51.0 Å². The van der Waals surface area contributed by atoms with Crippen LogP contribution in [0.3, 0.4) is 0 Å². The van der Waals surface area contributed by atoms with E-state index in [1.165, 1.54) is 17.3 Å². The van der Waals surface area contributed by atoms with Gasteiger partial charge in [-0.25, -0.2) is 9.67 Å². The average Bonchev–Trinajstić information content (AvgIpc) is 3.41. The molecule has 0 spiro atoms. The summed E-state index contributed by atoms with van der Waals surface area (Å²) in [5.74, 6) is 0.649. The maximum absolute atomic E-state index is 13.5. The van der Waals surface area contributed by atoms with Crippen LogP contribution in [0.1, 0.15) is 36.1 Å². The summed E-state index contributed by atoms with van der Waals surface area (Å²) in [6.45, 7) is 8.63. The fraction of sp³-hybridized carbons (Fsp3) is 0.308. The molecule has 2 aromatic heterocycles. The first-order valence-corrected chi connectivity index (χ1v) is 12.4. The molecule has 1 atom stereocenters. The van der Waals surface area contributed by atoms with Gasteiger partial charge in [-0.2, -0.15) is 5.10 Å². The first-order valence-electron chi connectivity index (χ1n) is 11.5. The van der Waals surface area contributed by atoms with Crippen LogP contribution in [0.15, 0.2) is 58.6 Å². The van der Waals surface area contributed by atoms with Crippen molar-refractivity contribution in [1.29, 1.82) is 0 Å². The number of fused-ring (bicyclic) bond motifs is 2. The quantitative estimate of drug-likeness (QED) is 0.396. The van der Waals surface area contributed by atoms with Crippen LogP contribution in [0.4, 0.5) is 5.69 Å². The van der Waals surface area contributed by atoms with Gasteiger partial charge < -0.3 is 4.90 Å². The summed E-state index contributed by atoms with van der Waals surface area (Å²) in [4.78, 5) is 33.4. The van der Waals surface area contributed by atoms with Crippen LogP contribution in [0.25, 0.3) is 16.7 Å². The standard InChI is InChI=1S/C26H27N5O2S/c1-5-29(21-9-7-6-8-17(21)3)23(32)13-19-15-34-26-28-24-20(25(33)30(19)26)14-27-31(24)22-11-10-16(2)12-18(22)4/h6-12,14,19H,5,13,15H2,1-4H3. The first-order chi connectivity index (χ1) is 16.4. The van der Waals surface area contributed by atoms with Gasteiger partial charge in [-0.15, -0.1) is 0 Å². The van der Waals surface area contributed by atoms with E-state index in [0.29, 0.717) is 28.5 Å². The largest absolute Gasteiger partial charge is 0.312 e. The van der Waals surface area contributed by atoms with E-state index in [0.717, 1.165) is 22.5 Å². The minimum Gasteiger partial charge on any atom is -0.312 e. The fourth-order valence-electron chi connectivity index (χ4n) is 4.66. The molecule has 2 aromatic carbocycles. The Bertz CT molecular complexity index is 1470. The molecular weight excluding hydrogens is 446 g/mol. The predicted octanol–water partition coefficient (Wildman–Crippen LogP) is 4.60. The second-order valence-corrected chi connectivity index (χ2v) is 9.73. The van der Waals surface area contributed by atoms with Crippen molar-refractivity contribution in [3.8, 4) is 5.69 Å². The van der Waals surface area contributed by atoms with Crippen LogP contribution in [0.2, 0.25) is 0 Å². The third-order valence-electron chi connectivity index (χ3n) is 6.38. The second-order valence-electron chi connectivity index (χ2n) is 8.75. The SMILES string of the molecule is CCN(C(=O)CC1CSc2nc3c(cnn3-c3ccc(C)cc3C)c(=O)n21)c1ccccc1C. The number of benzene rings is 2. The van der Waals surface area contributed by atoms with Crippen LogP contribution >= 0.6 is 11.8 Å². The molecule has 7 nitrogen and oxygen atoms in total. The van der Waals surface area contributed by atoms with E-state index in [4.69, 9.17) is 4.98 Å². The van der Waals surface area contributed by atoms with Crippen molar-refractivity contribution in [2.45, 2.75) is 45.3 Å². The van der Waals surface area contributed by atoms with Gasteiger partial charge >= 0.3 is 0 Å². The van der Waals surface area contributed by atoms with Crippen LogP contribution in [0, 0.1) is 20.8 Å². The number of rotatable bonds is 5. The lowest BCUT2D eigenvalue weighted by Gasteiger charge is -2.24. The zero-order valence-corrected chi connectivity index (χ0v) is 20.6. The van der Waals surface area contributed by atoms with E-state index < -0.39 is 0 Å². The third kappa shape index (κ3) is 3.72. The van der Waals surface area contributed by atoms with Crippen molar-refractivity contribution in [3.05, 3.63) is 75.7 Å². The summed E-state index contributed by atoms with van der Waals surface area (Å²) in [6, 6.07) is 13.8. The van der Waals surface area contributed by atoms with Crippen LogP contribution in [0.5, 0.6) is 0 Å². The molecule has 1 aliphatic rings. The molecule has 4 aromatic rings. The highest BCUT2D eigenvalue weighted by molar-refractivity contribution is 7.99. The molecule has 0 saturated carbocycles. The van der Waals surface area contributed by atoms with Crippen LogP contribution in [-0.4, -0.2) is 37.5 Å². The Morgan fingerprint density at radius 1 is 1.15 bits per heavy atom. The molecule has 3 heterocycles. The molecule has 0 N–H and O–H groups in total. The lowest BCUT2D eigenvalue weighted by molar-refractivity contribution is -0.119. The zero-order chi connectivity index (χ0) is 24.0. The maximum atomic E-state index is 13.5. The summed E-state index contributed by atoms with van der Waals surface area (Å²) >= 11 is 1.52. The molecule has 1 aliphatic heterocycles. The van der Waals surface area contributed by atoms with Gasteiger partial charge in [0.05, 0.1) is 17.9 Å². The Morgan fingerprint density at radius 3 is 2.68 bits per heavy atom. The Hall–Kier alpha value is -3.39. The van der Waals surface area contributed by atoms with E-state index in [1.807, 2.05) is 64.1 Å². The monoisotopic (exact) mass is 473 g/mol. The minimum atomic E-state index is -0.237. The van der Waals surface area contributed by atoms with E-state index in [-0.39, 0.29) is 23.9 Å². The lowest BCUT2D eigenvalue weighted by Crippen LogP contribution is -2.35. The summed E-state index contributed by atoms with van der Waals surface area (Å²) in [7, 11) is 0. The number of amides is 1. The number of nitrogens with zero attached hydrogens (tertiary/aromatic N) is 5. The van der Waals surface area contributed by atoms with Crippen LogP contribution < -0.4 is 10.5 Å². The molecule has 1 unspecified atom stereocenters. The number of aromatic nitrogens is 4. The molecule has 0 radical (unpaired) electrons. The summed E-state index contributed by atoms with van der Waals surface area (Å²) < 4.78 is 3.42. The molecule has 1 amide bonds. The lowest BCUT2D eigenvalue weighted by atomic mass is 10.1. The van der Waals surface area contributed by atoms with Gasteiger partial charge in [0, 0.05) is 24.4 Å². The molecule has 0 bridgehead atoms. The van der Waals surface area contributed by atoms with E-state index in [2.05, 4.69) is 11.2 Å². The van der Waals surface area contributed by atoms with E-state index >= 15 is 0 Å². The maximum Gasteiger partial charge on any atom is 0.265 e. The molecule has 8 heteroatoms. The van der Waals surface area contributed by atoms with Gasteiger partial charge in [-0.1, -0.05) is 47.7 Å². The highest BCUT2D eigenvalue weighted by Gasteiger charge is 2.31. The first kappa shape index (κ1) is 22.4. The Labute approximate surface area is 202 Å². The van der Waals surface area contributed by atoms with Gasteiger partial charge in [-0.3, -0.25) is 14.2 Å². The molecule has 0 aliphatic carbocycles. The number of hydrogen-bond donors (Lipinski definition) is 0. The zero-order valence-electron chi connectivity index (χ0n) is 19.8. The van der Waals surface area contributed by atoms with Crippen molar-refractivity contribution in [2.24, 2.45) is 0 Å². The smallest absolute Gasteiger partial charge is 0.265 e. The third-order valence-corrected chi connectivity index (χ3v) is 7.48. The van der Waals surface area contributed by atoms with E-state index in [9.17, 15) is 9.59 Å². The summed E-state index contributed by atoms with van der Waals surface area (Å²) in [6.07, 6.45) is 1.84. The van der Waals surface area contributed by atoms with Crippen molar-refractivity contribution >= 4 is 34.4 Å². The Kier molecular flexibility index (Phi) is 5.77. The Morgan fingerprint density at radius 2 is 1.94 bits per heavy atom. The normalized spacial score (nSPS) is 15.0. The van der Waals surface area contributed by atoms with Crippen molar-refractivity contribution < 1.29 is 4.79 Å². The van der Waals surface area contributed by atoms with Gasteiger partial charge in [0.25, 0.3) is 5.56 Å². The van der Waals surface area contributed by atoms with Crippen molar-refractivity contribution in [2.75, 3.05) is 17.2 Å². The number of thioether (sulfide) groups is 1. The number of hydrogen-bond acceptors (Lipinski definition) is 5. The number of para-hydroxylation sites is 1. The van der Waals surface area contributed by atoms with Crippen molar-refractivity contribution in [1.82, 2.24) is 19.3 Å². The molecule has 5 rings (SSSR count). The minimum absolute atomic E-state index is 0.00761. The number of anilines is 1. The summed E-state index contributed by atoms with van der Waals surface area (Å²) in [5.41, 5.74) is 5.52. The highest BCUT2D eigenvalue weighted by atomic mass is 32.2. The molecule has 34 heavy (non-hydrogen) atoms. The molecule has 174 valence electrons. The number of aryl methyl sites for hydroxylation is 3. The number of carbonyl (C=O) groups excluding carboxylic acids is 1. The molecular formula is C26H27N5O2S. The van der Waals surface area contributed by atoms with Crippen molar-refractivity contribution in [3.63, 3.8) is 0 Å². The van der Waals surface area contributed by atoms with Gasteiger partial charge in [0.15, 0.2) is 10.8 Å². The van der Waals surface area contributed by atoms with Crippen LogP contribution in [-0.2, 0) is 4.79 Å². The molecule has 0 fully saturated rings. The topological polar surface area (TPSA) is 73.0 Å². The van der Waals surface area contributed by atoms with Gasteiger partial charge in [0.1, 0.15) is 5.39 Å². The van der Waals surface area contributed by atoms with Gasteiger partial charge in [0.2, 0.25) is 5.91 Å². The average molecular weight is 474 g/mol. The second kappa shape index (κ2) is 8.76. The summed E-state index contributed by atoms with van der Waals surface area (Å²) in [5, 5.41) is 5.60. The van der Waals surface area contributed by atoms with E-state index in [1.54, 1.807) is 20.3 Å².